The van der Waals surface area contributed by atoms with Gasteiger partial charge in [0.1, 0.15) is 30.1 Å². The molecule has 3 heterocycles. The van der Waals surface area contributed by atoms with Gasteiger partial charge in [0.25, 0.3) is 5.91 Å². The highest BCUT2D eigenvalue weighted by molar-refractivity contribution is 6.03. The van der Waals surface area contributed by atoms with Crippen LogP contribution in [0.3, 0.4) is 0 Å². The number of ether oxygens (including phenoxy) is 1. The first-order chi connectivity index (χ1) is 18.4. The van der Waals surface area contributed by atoms with Crippen LogP contribution < -0.4 is 4.74 Å². The van der Waals surface area contributed by atoms with E-state index in [0.717, 1.165) is 11.1 Å². The third-order valence-corrected chi connectivity index (χ3v) is 6.69. The van der Waals surface area contributed by atoms with Crippen LogP contribution >= 0.6 is 0 Å². The summed E-state index contributed by atoms with van der Waals surface area (Å²) in [6.07, 6.45) is 2.09. The van der Waals surface area contributed by atoms with Gasteiger partial charge in [-0.25, -0.2) is 9.97 Å². The Morgan fingerprint density at radius 1 is 1.03 bits per heavy atom. The SMILES string of the molecule is CC(C)c1ccc(COc2ccc(-c3c(-c4ccncn4)nn4c3C(=O)N(CC(O)CO)CC4)cc2)cc1. The Hall–Kier alpha value is -4.08. The molecule has 2 aromatic carbocycles. The smallest absolute Gasteiger partial charge is 0.272 e. The van der Waals surface area contributed by atoms with Gasteiger partial charge in [-0.2, -0.15) is 5.10 Å². The van der Waals surface area contributed by atoms with Crippen LogP contribution in [-0.2, 0) is 13.2 Å². The number of aromatic nitrogens is 4. The first kappa shape index (κ1) is 25.6. The first-order valence-electron chi connectivity index (χ1n) is 12.7. The van der Waals surface area contributed by atoms with Crippen LogP contribution in [0.5, 0.6) is 5.75 Å². The van der Waals surface area contributed by atoms with Crippen LogP contribution in [0.25, 0.3) is 22.5 Å². The van der Waals surface area contributed by atoms with E-state index in [0.29, 0.717) is 54.0 Å². The van der Waals surface area contributed by atoms with Crippen molar-refractivity contribution in [3.8, 4) is 28.3 Å². The minimum absolute atomic E-state index is 0.0493. The van der Waals surface area contributed by atoms with Gasteiger partial charge in [0, 0.05) is 24.8 Å². The third-order valence-electron chi connectivity index (χ3n) is 6.69. The van der Waals surface area contributed by atoms with Crippen LogP contribution in [0.15, 0.2) is 67.1 Å². The number of aliphatic hydroxyl groups excluding tert-OH is 2. The lowest BCUT2D eigenvalue weighted by Crippen LogP contribution is -2.45. The van der Waals surface area contributed by atoms with Crippen LogP contribution in [0.1, 0.15) is 41.4 Å². The number of nitrogens with zero attached hydrogens (tertiary/aromatic N) is 5. The topological polar surface area (TPSA) is 114 Å². The molecule has 0 saturated carbocycles. The fraction of sp³-hybridized carbons (Fsp3) is 0.310. The fourth-order valence-corrected chi connectivity index (χ4v) is 4.56. The van der Waals surface area contributed by atoms with Crippen molar-refractivity contribution in [3.63, 3.8) is 0 Å². The average Bonchev–Trinajstić information content (AvgIpc) is 3.35. The molecule has 0 saturated heterocycles. The van der Waals surface area contributed by atoms with Gasteiger partial charge in [-0.1, -0.05) is 50.2 Å². The Balaban J connectivity index is 1.44. The maximum absolute atomic E-state index is 13.5. The summed E-state index contributed by atoms with van der Waals surface area (Å²) in [4.78, 5) is 23.4. The van der Waals surface area contributed by atoms with Gasteiger partial charge in [-0.3, -0.25) is 9.48 Å². The van der Waals surface area contributed by atoms with E-state index in [-0.39, 0.29) is 12.5 Å². The molecule has 1 aliphatic heterocycles. The predicted octanol–water partition coefficient (Wildman–Crippen LogP) is 3.52. The van der Waals surface area contributed by atoms with Crippen LogP contribution in [-0.4, -0.2) is 66.6 Å². The first-order valence-corrected chi connectivity index (χ1v) is 12.7. The summed E-state index contributed by atoms with van der Waals surface area (Å²) in [6, 6.07) is 17.8. The number of hydrogen-bond acceptors (Lipinski definition) is 7. The number of fused-ring (bicyclic) bond motifs is 1. The number of carbonyl (C=O) groups is 1. The Morgan fingerprint density at radius 2 is 1.79 bits per heavy atom. The maximum atomic E-state index is 13.5. The highest BCUT2D eigenvalue weighted by Gasteiger charge is 2.33. The van der Waals surface area contributed by atoms with E-state index in [1.54, 1.807) is 21.8 Å². The van der Waals surface area contributed by atoms with Crippen molar-refractivity contribution in [2.45, 2.75) is 39.0 Å². The Labute approximate surface area is 221 Å². The molecule has 1 aliphatic rings. The maximum Gasteiger partial charge on any atom is 0.272 e. The minimum Gasteiger partial charge on any atom is -0.489 e. The zero-order chi connectivity index (χ0) is 26.6. The fourth-order valence-electron chi connectivity index (χ4n) is 4.56. The van der Waals surface area contributed by atoms with Crippen molar-refractivity contribution >= 4 is 5.91 Å². The second-order valence-corrected chi connectivity index (χ2v) is 9.69. The van der Waals surface area contributed by atoms with Crippen molar-refractivity contribution < 1.29 is 19.7 Å². The molecule has 1 unspecified atom stereocenters. The van der Waals surface area contributed by atoms with Crippen molar-refractivity contribution in [1.82, 2.24) is 24.6 Å². The quantitative estimate of drug-likeness (QED) is 0.352. The van der Waals surface area contributed by atoms with Gasteiger partial charge in [-0.05, 0) is 40.8 Å². The number of benzene rings is 2. The zero-order valence-corrected chi connectivity index (χ0v) is 21.5. The number of aliphatic hydroxyl groups is 2. The van der Waals surface area contributed by atoms with Gasteiger partial charge in [0.05, 0.1) is 24.9 Å². The molecule has 9 heteroatoms. The summed E-state index contributed by atoms with van der Waals surface area (Å²) in [6.45, 7) is 5.29. The summed E-state index contributed by atoms with van der Waals surface area (Å²) in [5.41, 5.74) is 5.45. The van der Waals surface area contributed by atoms with Crippen LogP contribution in [0, 0.1) is 0 Å². The van der Waals surface area contributed by atoms with E-state index in [9.17, 15) is 15.0 Å². The van der Waals surface area contributed by atoms with E-state index in [1.165, 1.54) is 11.9 Å². The van der Waals surface area contributed by atoms with Crippen molar-refractivity contribution in [1.29, 1.82) is 0 Å². The highest BCUT2D eigenvalue weighted by atomic mass is 16.5. The number of hydrogen-bond donors (Lipinski definition) is 2. The lowest BCUT2D eigenvalue weighted by Gasteiger charge is -2.29. The molecule has 0 fully saturated rings. The standard InChI is InChI=1S/C29H31N5O4/c1-19(2)21-5-3-20(4-6-21)17-38-24-9-7-22(8-10-24)26-27(25-11-12-30-18-31-25)32-34-14-13-33(15-23(36)16-35)29(37)28(26)34/h3-12,18-19,23,35-36H,13-17H2,1-2H3. The Bertz CT molecular complexity index is 1390. The predicted molar refractivity (Wildman–Crippen MR) is 143 cm³/mol. The van der Waals surface area contributed by atoms with E-state index < -0.39 is 12.7 Å². The molecule has 2 aromatic heterocycles. The van der Waals surface area contributed by atoms with Gasteiger partial charge in [0.15, 0.2) is 0 Å². The second kappa shape index (κ2) is 11.1. The second-order valence-electron chi connectivity index (χ2n) is 9.69. The molecule has 9 nitrogen and oxygen atoms in total. The molecular weight excluding hydrogens is 482 g/mol. The largest absolute Gasteiger partial charge is 0.489 e. The Morgan fingerprint density at radius 3 is 2.45 bits per heavy atom. The summed E-state index contributed by atoms with van der Waals surface area (Å²) < 4.78 is 7.72. The summed E-state index contributed by atoms with van der Waals surface area (Å²) in [7, 11) is 0. The Kier molecular flexibility index (Phi) is 7.48. The number of carbonyl (C=O) groups excluding carboxylic acids is 1. The summed E-state index contributed by atoms with van der Waals surface area (Å²) in [5.74, 6) is 0.945. The van der Waals surface area contributed by atoms with E-state index in [1.807, 2.05) is 24.3 Å². The zero-order valence-electron chi connectivity index (χ0n) is 21.5. The van der Waals surface area contributed by atoms with Gasteiger partial charge < -0.3 is 19.8 Å². The number of rotatable bonds is 9. The van der Waals surface area contributed by atoms with Crippen molar-refractivity contribution in [2.24, 2.45) is 0 Å². The molecule has 4 aromatic rings. The molecular formula is C29H31N5O4. The molecule has 1 amide bonds. The van der Waals surface area contributed by atoms with Crippen LogP contribution in [0.4, 0.5) is 0 Å². The molecule has 5 rings (SSSR count). The molecule has 0 spiro atoms. The molecule has 0 aliphatic carbocycles. The number of β-amino-alcohol motifs (C(OH)–C–C–N with tert-alkyl or cyclic N) is 1. The van der Waals surface area contributed by atoms with Gasteiger partial charge in [0.2, 0.25) is 0 Å². The van der Waals surface area contributed by atoms with E-state index in [2.05, 4.69) is 48.1 Å². The molecule has 0 bridgehead atoms. The summed E-state index contributed by atoms with van der Waals surface area (Å²) in [5, 5.41) is 24.0. The molecule has 1 atom stereocenters. The summed E-state index contributed by atoms with van der Waals surface area (Å²) >= 11 is 0. The minimum atomic E-state index is -1.00. The third kappa shape index (κ3) is 5.29. The normalized spacial score (nSPS) is 14.0. The highest BCUT2D eigenvalue weighted by Crippen LogP contribution is 2.36. The van der Waals surface area contributed by atoms with Crippen LogP contribution in [0.2, 0.25) is 0 Å². The number of amides is 1. The van der Waals surface area contributed by atoms with E-state index in [4.69, 9.17) is 9.84 Å². The van der Waals surface area contributed by atoms with E-state index >= 15 is 0 Å². The molecule has 38 heavy (non-hydrogen) atoms. The lowest BCUT2D eigenvalue weighted by atomic mass is 9.99. The average molecular weight is 514 g/mol. The monoisotopic (exact) mass is 513 g/mol. The van der Waals surface area contributed by atoms with Gasteiger partial charge in [-0.15, -0.1) is 0 Å². The van der Waals surface area contributed by atoms with Crippen molar-refractivity contribution in [3.05, 3.63) is 83.9 Å². The molecule has 0 radical (unpaired) electrons. The van der Waals surface area contributed by atoms with Gasteiger partial charge >= 0.3 is 0 Å². The molecule has 196 valence electrons. The van der Waals surface area contributed by atoms with Crippen molar-refractivity contribution in [2.75, 3.05) is 19.7 Å². The molecule has 2 N–H and O–H groups in total. The lowest BCUT2D eigenvalue weighted by molar-refractivity contribution is 0.0406.